The Morgan fingerprint density at radius 1 is 1.00 bits per heavy atom. The van der Waals surface area contributed by atoms with Gasteiger partial charge in [-0.3, -0.25) is 0 Å². The van der Waals surface area contributed by atoms with Crippen LogP contribution in [0.5, 0.6) is 0 Å². The second-order valence-electron chi connectivity index (χ2n) is 5.84. The average Bonchev–Trinajstić information content (AvgIpc) is 2.84. The number of hydrogen-bond acceptors (Lipinski definition) is 0. The Labute approximate surface area is 120 Å². The van der Waals surface area contributed by atoms with Crippen molar-refractivity contribution in [2.24, 2.45) is 0 Å². The Morgan fingerprint density at radius 3 is 2.55 bits per heavy atom. The molecule has 0 spiro atoms. The van der Waals surface area contributed by atoms with E-state index in [1.165, 1.54) is 27.6 Å². The number of nitrogens with zero attached hydrogens (tertiary/aromatic N) is 1. The largest absolute Gasteiger partial charge is 0.343 e. The maximum absolute atomic E-state index is 2.34. The average molecular weight is 263 g/mol. The molecule has 20 heavy (non-hydrogen) atoms. The van der Waals surface area contributed by atoms with E-state index in [0.717, 1.165) is 6.54 Å². The lowest BCUT2D eigenvalue weighted by molar-refractivity contribution is 0.829. The summed E-state index contributed by atoms with van der Waals surface area (Å²) in [6, 6.07) is 17.6. The molecule has 0 aliphatic rings. The van der Waals surface area contributed by atoms with Gasteiger partial charge in [0.05, 0.1) is 0 Å². The fourth-order valence-corrected chi connectivity index (χ4v) is 2.69. The third-order valence-electron chi connectivity index (χ3n) is 4.06. The molecular formula is C19H21N. The highest BCUT2D eigenvalue weighted by atomic mass is 14.9. The fourth-order valence-electron chi connectivity index (χ4n) is 2.69. The van der Waals surface area contributed by atoms with E-state index in [4.69, 9.17) is 0 Å². The van der Waals surface area contributed by atoms with Crippen molar-refractivity contribution in [2.75, 3.05) is 0 Å². The van der Waals surface area contributed by atoms with Crippen LogP contribution in [-0.4, -0.2) is 4.57 Å². The lowest BCUT2D eigenvalue weighted by Gasteiger charge is -2.10. The van der Waals surface area contributed by atoms with Crippen molar-refractivity contribution >= 4 is 10.9 Å². The quantitative estimate of drug-likeness (QED) is 0.618. The lowest BCUT2D eigenvalue weighted by atomic mass is 10.0. The molecule has 0 saturated heterocycles. The van der Waals surface area contributed by atoms with Gasteiger partial charge in [-0.1, -0.05) is 44.2 Å². The predicted octanol–water partition coefficient (Wildman–Crippen LogP) is 5.12. The Hall–Kier alpha value is -2.02. The molecule has 0 unspecified atom stereocenters. The van der Waals surface area contributed by atoms with Crippen LogP contribution in [0, 0.1) is 6.92 Å². The molecule has 0 bridgehead atoms. The summed E-state index contributed by atoms with van der Waals surface area (Å²) in [7, 11) is 0. The van der Waals surface area contributed by atoms with E-state index in [2.05, 4.69) is 80.1 Å². The van der Waals surface area contributed by atoms with Gasteiger partial charge in [0, 0.05) is 18.3 Å². The molecule has 0 amide bonds. The highest BCUT2D eigenvalue weighted by Crippen LogP contribution is 2.23. The third-order valence-corrected chi connectivity index (χ3v) is 4.06. The van der Waals surface area contributed by atoms with Gasteiger partial charge in [0.25, 0.3) is 0 Å². The normalized spacial score (nSPS) is 11.4. The summed E-state index contributed by atoms with van der Waals surface area (Å²) in [6.45, 7) is 7.60. The van der Waals surface area contributed by atoms with Crippen LogP contribution in [-0.2, 0) is 6.54 Å². The summed E-state index contributed by atoms with van der Waals surface area (Å²) < 4.78 is 2.34. The zero-order valence-electron chi connectivity index (χ0n) is 12.4. The Morgan fingerprint density at radius 2 is 1.80 bits per heavy atom. The highest BCUT2D eigenvalue weighted by molar-refractivity contribution is 5.81. The van der Waals surface area contributed by atoms with Crippen molar-refractivity contribution in [3.05, 3.63) is 71.4 Å². The van der Waals surface area contributed by atoms with Gasteiger partial charge in [-0.25, -0.2) is 0 Å². The van der Waals surface area contributed by atoms with Gasteiger partial charge in [-0.2, -0.15) is 0 Å². The summed E-state index contributed by atoms with van der Waals surface area (Å²) >= 11 is 0. The van der Waals surface area contributed by atoms with E-state index in [1.807, 2.05) is 0 Å². The monoisotopic (exact) mass is 263 g/mol. The minimum absolute atomic E-state index is 0.583. The molecule has 1 nitrogen and oxygen atoms in total. The molecule has 0 atom stereocenters. The standard InChI is InChI=1S/C19H21N/c1-14(2)16-8-9-19-17(12-16)10-11-20(19)13-18-7-5-4-6-15(18)3/h4-12,14H,13H2,1-3H3. The number of benzene rings is 2. The van der Waals surface area contributed by atoms with Crippen LogP contribution in [0.15, 0.2) is 54.7 Å². The van der Waals surface area contributed by atoms with Crippen LogP contribution in [0.4, 0.5) is 0 Å². The minimum atomic E-state index is 0.583. The maximum Gasteiger partial charge on any atom is 0.0483 e. The number of aryl methyl sites for hydroxylation is 1. The number of aromatic nitrogens is 1. The van der Waals surface area contributed by atoms with Crippen molar-refractivity contribution in [2.45, 2.75) is 33.2 Å². The van der Waals surface area contributed by atoms with E-state index < -0.39 is 0 Å². The van der Waals surface area contributed by atoms with Crippen molar-refractivity contribution in [3.8, 4) is 0 Å². The van der Waals surface area contributed by atoms with Gasteiger partial charge >= 0.3 is 0 Å². The van der Waals surface area contributed by atoms with Crippen LogP contribution in [0.3, 0.4) is 0 Å². The molecule has 0 saturated carbocycles. The first-order valence-corrected chi connectivity index (χ1v) is 7.28. The molecule has 0 aliphatic carbocycles. The lowest BCUT2D eigenvalue weighted by Crippen LogP contribution is -1.99. The van der Waals surface area contributed by atoms with Crippen LogP contribution in [0.1, 0.15) is 36.5 Å². The van der Waals surface area contributed by atoms with Crippen LogP contribution < -0.4 is 0 Å². The summed E-state index contributed by atoms with van der Waals surface area (Å²) in [5.41, 5.74) is 5.47. The van der Waals surface area contributed by atoms with Crippen molar-refractivity contribution in [1.29, 1.82) is 0 Å². The molecular weight excluding hydrogens is 242 g/mol. The van der Waals surface area contributed by atoms with Crippen molar-refractivity contribution in [3.63, 3.8) is 0 Å². The van der Waals surface area contributed by atoms with Gasteiger partial charge in [0.2, 0.25) is 0 Å². The smallest absolute Gasteiger partial charge is 0.0483 e. The summed E-state index contributed by atoms with van der Waals surface area (Å²) in [4.78, 5) is 0. The first kappa shape index (κ1) is 13.0. The molecule has 0 N–H and O–H groups in total. The van der Waals surface area contributed by atoms with Crippen LogP contribution in [0.2, 0.25) is 0 Å². The first-order chi connectivity index (χ1) is 9.65. The minimum Gasteiger partial charge on any atom is -0.343 e. The topological polar surface area (TPSA) is 4.93 Å². The third kappa shape index (κ3) is 2.36. The first-order valence-electron chi connectivity index (χ1n) is 7.28. The molecule has 102 valence electrons. The molecule has 0 radical (unpaired) electrons. The molecule has 2 aromatic carbocycles. The van der Waals surface area contributed by atoms with Gasteiger partial charge in [-0.15, -0.1) is 0 Å². The van der Waals surface area contributed by atoms with E-state index in [9.17, 15) is 0 Å². The molecule has 0 fully saturated rings. The zero-order valence-corrected chi connectivity index (χ0v) is 12.4. The van der Waals surface area contributed by atoms with Gasteiger partial charge < -0.3 is 4.57 Å². The molecule has 1 heteroatoms. The molecule has 3 rings (SSSR count). The SMILES string of the molecule is Cc1ccccc1Cn1ccc2cc(C(C)C)ccc21. The van der Waals surface area contributed by atoms with Crippen LogP contribution >= 0.6 is 0 Å². The highest BCUT2D eigenvalue weighted by Gasteiger charge is 2.06. The van der Waals surface area contributed by atoms with Crippen molar-refractivity contribution < 1.29 is 0 Å². The van der Waals surface area contributed by atoms with E-state index in [0.29, 0.717) is 5.92 Å². The molecule has 0 aliphatic heterocycles. The van der Waals surface area contributed by atoms with Crippen LogP contribution in [0.25, 0.3) is 10.9 Å². The molecule has 1 heterocycles. The second-order valence-corrected chi connectivity index (χ2v) is 5.84. The fraction of sp³-hybridized carbons (Fsp3) is 0.263. The van der Waals surface area contributed by atoms with E-state index >= 15 is 0 Å². The Kier molecular flexibility index (Phi) is 3.35. The number of fused-ring (bicyclic) bond motifs is 1. The van der Waals surface area contributed by atoms with Gasteiger partial charge in [0.15, 0.2) is 0 Å². The maximum atomic E-state index is 2.34. The summed E-state index contributed by atoms with van der Waals surface area (Å²) in [6.07, 6.45) is 2.20. The number of hydrogen-bond donors (Lipinski definition) is 0. The van der Waals surface area contributed by atoms with Crippen molar-refractivity contribution in [1.82, 2.24) is 4.57 Å². The Bertz CT molecular complexity index is 734. The second kappa shape index (κ2) is 5.16. The Balaban J connectivity index is 1.99. The van der Waals surface area contributed by atoms with E-state index in [1.54, 1.807) is 0 Å². The number of rotatable bonds is 3. The zero-order chi connectivity index (χ0) is 14.1. The predicted molar refractivity (Wildman–Crippen MR) is 86.3 cm³/mol. The van der Waals surface area contributed by atoms with Gasteiger partial charge in [0.1, 0.15) is 0 Å². The summed E-state index contributed by atoms with van der Waals surface area (Å²) in [5.74, 6) is 0.583. The molecule has 1 aromatic heterocycles. The molecule has 3 aromatic rings. The van der Waals surface area contributed by atoms with E-state index in [-0.39, 0.29) is 0 Å². The summed E-state index contributed by atoms with van der Waals surface area (Å²) in [5, 5.41) is 1.34. The van der Waals surface area contributed by atoms with Gasteiger partial charge in [-0.05, 0) is 53.1 Å².